The van der Waals surface area contributed by atoms with E-state index in [-0.39, 0.29) is 6.61 Å². The summed E-state index contributed by atoms with van der Waals surface area (Å²) in [5.41, 5.74) is 2.02. The average Bonchev–Trinajstić information content (AvgIpc) is 2.17. The number of hydrogen-bond donors (Lipinski definition) is 2. The van der Waals surface area contributed by atoms with E-state index >= 15 is 0 Å². The number of benzene rings is 1. The third kappa shape index (κ3) is 2.77. The number of anilines is 1. The van der Waals surface area contributed by atoms with E-state index in [9.17, 15) is 0 Å². The zero-order chi connectivity index (χ0) is 9.68. The fourth-order valence-corrected chi connectivity index (χ4v) is 0.970. The maximum absolute atomic E-state index is 8.76. The molecule has 0 amide bonds. The van der Waals surface area contributed by atoms with Gasteiger partial charge in [-0.1, -0.05) is 17.7 Å². The molecule has 3 nitrogen and oxygen atoms in total. The first kappa shape index (κ1) is 9.56. The third-order valence-corrected chi connectivity index (χ3v) is 1.73. The lowest BCUT2D eigenvalue weighted by molar-refractivity contribution is 0.293. The summed E-state index contributed by atoms with van der Waals surface area (Å²) >= 11 is 0. The number of nitriles is 1. The van der Waals surface area contributed by atoms with E-state index in [1.165, 1.54) is 5.56 Å². The van der Waals surface area contributed by atoms with Gasteiger partial charge in [-0.05, 0) is 19.1 Å². The molecule has 0 spiro atoms. The van der Waals surface area contributed by atoms with Crippen molar-refractivity contribution in [3.63, 3.8) is 0 Å². The van der Waals surface area contributed by atoms with Crippen LogP contribution in [0.4, 0.5) is 5.69 Å². The second-order valence-electron chi connectivity index (χ2n) is 2.87. The van der Waals surface area contributed by atoms with Crippen molar-refractivity contribution >= 4 is 5.69 Å². The molecule has 0 fully saturated rings. The van der Waals surface area contributed by atoms with E-state index < -0.39 is 6.04 Å². The summed E-state index contributed by atoms with van der Waals surface area (Å²) in [4.78, 5) is 0. The van der Waals surface area contributed by atoms with Gasteiger partial charge >= 0.3 is 0 Å². The summed E-state index contributed by atoms with van der Waals surface area (Å²) in [6.45, 7) is 1.82. The van der Waals surface area contributed by atoms with E-state index in [0.29, 0.717) is 0 Å². The highest BCUT2D eigenvalue weighted by atomic mass is 16.3. The van der Waals surface area contributed by atoms with Crippen molar-refractivity contribution in [2.24, 2.45) is 0 Å². The van der Waals surface area contributed by atoms with Crippen molar-refractivity contribution in [3.8, 4) is 6.07 Å². The van der Waals surface area contributed by atoms with Crippen LogP contribution >= 0.6 is 0 Å². The molecule has 0 radical (unpaired) electrons. The van der Waals surface area contributed by atoms with Crippen molar-refractivity contribution in [3.05, 3.63) is 29.8 Å². The van der Waals surface area contributed by atoms with E-state index in [4.69, 9.17) is 10.4 Å². The molecule has 0 heterocycles. The largest absolute Gasteiger partial charge is 0.393 e. The zero-order valence-electron chi connectivity index (χ0n) is 7.49. The van der Waals surface area contributed by atoms with Gasteiger partial charge in [-0.2, -0.15) is 5.26 Å². The van der Waals surface area contributed by atoms with Crippen molar-refractivity contribution in [1.29, 1.82) is 5.26 Å². The van der Waals surface area contributed by atoms with Gasteiger partial charge in [-0.15, -0.1) is 0 Å². The Morgan fingerprint density at radius 1 is 1.46 bits per heavy atom. The Morgan fingerprint density at radius 2 is 2.08 bits per heavy atom. The van der Waals surface area contributed by atoms with Crippen LogP contribution in [0.15, 0.2) is 24.3 Å². The molecule has 1 rings (SSSR count). The van der Waals surface area contributed by atoms with Crippen LogP contribution in [0.5, 0.6) is 0 Å². The Balaban J connectivity index is 2.64. The van der Waals surface area contributed by atoms with Crippen LogP contribution in [-0.4, -0.2) is 17.8 Å². The highest BCUT2D eigenvalue weighted by Gasteiger charge is 2.03. The maximum Gasteiger partial charge on any atom is 0.137 e. The number of aliphatic hydroxyl groups excluding tert-OH is 1. The van der Waals surface area contributed by atoms with E-state index in [2.05, 4.69) is 5.32 Å². The lowest BCUT2D eigenvalue weighted by Crippen LogP contribution is -2.21. The molecule has 1 aromatic carbocycles. The van der Waals surface area contributed by atoms with Crippen LogP contribution in [0.25, 0.3) is 0 Å². The average molecular weight is 176 g/mol. The van der Waals surface area contributed by atoms with Crippen LogP contribution in [-0.2, 0) is 0 Å². The summed E-state index contributed by atoms with van der Waals surface area (Å²) in [7, 11) is 0. The lowest BCUT2D eigenvalue weighted by Gasteiger charge is -2.09. The van der Waals surface area contributed by atoms with E-state index in [0.717, 1.165) is 5.69 Å². The number of rotatable bonds is 3. The van der Waals surface area contributed by atoms with Gasteiger partial charge in [-0.25, -0.2) is 0 Å². The third-order valence-electron chi connectivity index (χ3n) is 1.73. The second-order valence-corrected chi connectivity index (χ2v) is 2.87. The van der Waals surface area contributed by atoms with Crippen molar-refractivity contribution < 1.29 is 5.11 Å². The van der Waals surface area contributed by atoms with E-state index in [1.54, 1.807) is 0 Å². The summed E-state index contributed by atoms with van der Waals surface area (Å²) < 4.78 is 0. The molecule has 13 heavy (non-hydrogen) atoms. The zero-order valence-corrected chi connectivity index (χ0v) is 7.49. The first-order chi connectivity index (χ1) is 6.26. The molecule has 0 saturated carbocycles. The highest BCUT2D eigenvalue weighted by Crippen LogP contribution is 2.09. The van der Waals surface area contributed by atoms with Crippen molar-refractivity contribution in [2.45, 2.75) is 13.0 Å². The number of aliphatic hydroxyl groups is 1. The second kappa shape index (κ2) is 4.48. The Kier molecular flexibility index (Phi) is 3.30. The SMILES string of the molecule is Cc1ccc(NC(C#N)CO)cc1. The first-order valence-electron chi connectivity index (χ1n) is 4.10. The smallest absolute Gasteiger partial charge is 0.137 e. The van der Waals surface area contributed by atoms with Crippen LogP contribution < -0.4 is 5.32 Å². The van der Waals surface area contributed by atoms with Gasteiger partial charge in [0.15, 0.2) is 0 Å². The molecular formula is C10H12N2O. The Morgan fingerprint density at radius 3 is 2.54 bits per heavy atom. The lowest BCUT2D eigenvalue weighted by atomic mass is 10.2. The monoisotopic (exact) mass is 176 g/mol. The Bertz CT molecular complexity index is 300. The van der Waals surface area contributed by atoms with Gasteiger partial charge in [0.05, 0.1) is 12.7 Å². The molecule has 0 saturated heterocycles. The number of hydrogen-bond acceptors (Lipinski definition) is 3. The number of nitrogens with one attached hydrogen (secondary N) is 1. The van der Waals surface area contributed by atoms with Gasteiger partial charge < -0.3 is 10.4 Å². The predicted molar refractivity (Wildman–Crippen MR) is 51.3 cm³/mol. The topological polar surface area (TPSA) is 56.0 Å². The van der Waals surface area contributed by atoms with Gasteiger partial charge in [0, 0.05) is 5.69 Å². The van der Waals surface area contributed by atoms with Gasteiger partial charge in [0.1, 0.15) is 6.04 Å². The predicted octanol–water partition coefficient (Wildman–Crippen LogP) is 1.29. The molecule has 0 aliphatic rings. The number of nitrogens with zero attached hydrogens (tertiary/aromatic N) is 1. The van der Waals surface area contributed by atoms with Gasteiger partial charge in [0.25, 0.3) is 0 Å². The minimum atomic E-state index is -0.525. The van der Waals surface area contributed by atoms with Gasteiger partial charge in [-0.3, -0.25) is 0 Å². The molecule has 0 aliphatic heterocycles. The summed E-state index contributed by atoms with van der Waals surface area (Å²) in [6.07, 6.45) is 0. The van der Waals surface area contributed by atoms with Gasteiger partial charge in [0.2, 0.25) is 0 Å². The Labute approximate surface area is 77.6 Å². The Hall–Kier alpha value is -1.53. The maximum atomic E-state index is 8.76. The standard InChI is InChI=1S/C10H12N2O/c1-8-2-4-9(5-3-8)12-10(6-11)7-13/h2-5,10,12-13H,7H2,1H3. The van der Waals surface area contributed by atoms with Crippen LogP contribution in [0.2, 0.25) is 0 Å². The summed E-state index contributed by atoms with van der Waals surface area (Å²) in [5.74, 6) is 0. The van der Waals surface area contributed by atoms with Crippen molar-refractivity contribution in [2.75, 3.05) is 11.9 Å². The molecule has 1 unspecified atom stereocenters. The molecule has 1 aromatic rings. The fraction of sp³-hybridized carbons (Fsp3) is 0.300. The molecule has 3 heteroatoms. The minimum absolute atomic E-state index is 0.176. The highest BCUT2D eigenvalue weighted by molar-refractivity contribution is 5.46. The molecule has 0 bridgehead atoms. The van der Waals surface area contributed by atoms with Crippen LogP contribution in [0, 0.1) is 18.3 Å². The van der Waals surface area contributed by atoms with Crippen LogP contribution in [0.3, 0.4) is 0 Å². The minimum Gasteiger partial charge on any atom is -0.393 e. The molecule has 68 valence electrons. The molecule has 2 N–H and O–H groups in total. The molecule has 0 aliphatic carbocycles. The summed E-state index contributed by atoms with van der Waals surface area (Å²) in [5, 5.41) is 20.2. The molecule has 0 aromatic heterocycles. The van der Waals surface area contributed by atoms with E-state index in [1.807, 2.05) is 37.3 Å². The van der Waals surface area contributed by atoms with Crippen LogP contribution in [0.1, 0.15) is 5.56 Å². The fourth-order valence-electron chi connectivity index (χ4n) is 0.970. The first-order valence-corrected chi connectivity index (χ1v) is 4.10. The quantitative estimate of drug-likeness (QED) is 0.729. The van der Waals surface area contributed by atoms with Crippen molar-refractivity contribution in [1.82, 2.24) is 0 Å². The molecule has 1 atom stereocenters. The summed E-state index contributed by atoms with van der Waals surface area (Å²) in [6, 6.07) is 9.10. The number of aryl methyl sites for hydroxylation is 1. The molecular weight excluding hydrogens is 164 g/mol. The normalized spacial score (nSPS) is 11.8.